The van der Waals surface area contributed by atoms with E-state index in [2.05, 4.69) is 26.5 Å². The van der Waals surface area contributed by atoms with Crippen LogP contribution in [0.25, 0.3) is 0 Å². The van der Waals surface area contributed by atoms with Gasteiger partial charge in [0.25, 0.3) is 0 Å². The van der Waals surface area contributed by atoms with Crippen LogP contribution in [0.2, 0.25) is 5.02 Å². The molecule has 0 atom stereocenters. The number of hydrogen-bond donors (Lipinski definition) is 4. The number of esters is 1. The lowest BCUT2D eigenvalue weighted by Gasteiger charge is -2.06. The minimum atomic E-state index is -1.04. The molecule has 12 nitrogen and oxygen atoms in total. The van der Waals surface area contributed by atoms with Crippen LogP contribution < -0.4 is 21.4 Å². The first kappa shape index (κ1) is 27.6. The second-order valence-corrected chi connectivity index (χ2v) is 7.84. The summed E-state index contributed by atoms with van der Waals surface area (Å²) in [5.41, 5.74) is 3.02. The summed E-state index contributed by atoms with van der Waals surface area (Å²) in [5, 5.41) is 11.3. The van der Waals surface area contributed by atoms with Crippen LogP contribution in [0.1, 0.15) is 28.8 Å². The third-order valence-electron chi connectivity index (χ3n) is 4.61. The van der Waals surface area contributed by atoms with Crippen LogP contribution in [-0.4, -0.2) is 42.4 Å². The molecule has 0 aliphatic heterocycles. The van der Waals surface area contributed by atoms with Gasteiger partial charge >= 0.3 is 29.6 Å². The number of halogens is 1. The second kappa shape index (κ2) is 13.4. The molecule has 4 amide bonds. The summed E-state index contributed by atoms with van der Waals surface area (Å²) in [6, 6.07) is 15.2. The fourth-order valence-electron chi connectivity index (χ4n) is 2.86. The molecule has 1 aromatic heterocycles. The summed E-state index contributed by atoms with van der Waals surface area (Å²) < 4.78 is 10.3. The van der Waals surface area contributed by atoms with Crippen molar-refractivity contribution in [3.05, 3.63) is 82.8 Å². The van der Waals surface area contributed by atoms with Gasteiger partial charge in [0.2, 0.25) is 0 Å². The summed E-state index contributed by atoms with van der Waals surface area (Å²) in [6.45, 7) is 1.84. The molecule has 38 heavy (non-hydrogen) atoms. The van der Waals surface area contributed by atoms with Crippen LogP contribution >= 0.6 is 11.6 Å². The van der Waals surface area contributed by atoms with E-state index < -0.39 is 29.6 Å². The number of carbonyl (C=O) groups is 5. The van der Waals surface area contributed by atoms with E-state index in [0.29, 0.717) is 27.7 Å². The molecular weight excluding hydrogens is 518 g/mol. The van der Waals surface area contributed by atoms with Crippen molar-refractivity contribution in [1.29, 1.82) is 0 Å². The fraction of sp³-hybridized carbons (Fsp3) is 0.120. The third-order valence-corrected chi connectivity index (χ3v) is 4.85. The van der Waals surface area contributed by atoms with Crippen molar-refractivity contribution in [3.63, 3.8) is 0 Å². The molecule has 0 bridgehead atoms. The Kier molecular flexibility index (Phi) is 9.72. The van der Waals surface area contributed by atoms with E-state index in [1.807, 2.05) is 0 Å². The van der Waals surface area contributed by atoms with Crippen molar-refractivity contribution in [3.8, 4) is 0 Å². The van der Waals surface area contributed by atoms with Gasteiger partial charge in [0.15, 0.2) is 0 Å². The van der Waals surface area contributed by atoms with Crippen molar-refractivity contribution in [1.82, 2.24) is 10.7 Å². The number of carbonyl (C=O) groups excluding carboxylic acids is 5. The minimum absolute atomic E-state index is 0.0840. The smallest absolute Gasteiger partial charge is 0.338 e. The SMILES string of the molecule is CCOC(=O)c1ccc(NC(=O)C(=O)N/N=C/c2ccc(CNC(=O)C(=O)Nc3cccc(Cl)c3)o2)cc1. The Balaban J connectivity index is 1.42. The lowest BCUT2D eigenvalue weighted by Crippen LogP contribution is -2.34. The van der Waals surface area contributed by atoms with Crippen molar-refractivity contribution in [2.24, 2.45) is 5.10 Å². The molecule has 13 heteroatoms. The van der Waals surface area contributed by atoms with Gasteiger partial charge in [0.05, 0.1) is 24.9 Å². The number of nitrogens with zero attached hydrogens (tertiary/aromatic N) is 1. The van der Waals surface area contributed by atoms with Gasteiger partial charge in [-0.1, -0.05) is 17.7 Å². The number of nitrogens with one attached hydrogen (secondary N) is 4. The quantitative estimate of drug-likeness (QED) is 0.147. The monoisotopic (exact) mass is 539 g/mol. The molecule has 0 unspecified atom stereocenters. The minimum Gasteiger partial charge on any atom is -0.462 e. The van der Waals surface area contributed by atoms with Gasteiger partial charge in [-0.15, -0.1) is 0 Å². The molecular formula is C25H22ClN5O7. The lowest BCUT2D eigenvalue weighted by atomic mass is 10.2. The van der Waals surface area contributed by atoms with E-state index in [0.717, 1.165) is 6.21 Å². The first-order valence-electron chi connectivity index (χ1n) is 11.1. The maximum Gasteiger partial charge on any atom is 0.338 e. The van der Waals surface area contributed by atoms with E-state index >= 15 is 0 Å². The largest absolute Gasteiger partial charge is 0.462 e. The Labute approximate surface area is 221 Å². The Bertz CT molecular complexity index is 1370. The molecule has 0 aliphatic rings. The van der Waals surface area contributed by atoms with E-state index in [1.165, 1.54) is 42.5 Å². The van der Waals surface area contributed by atoms with Gasteiger partial charge < -0.3 is 25.1 Å². The molecule has 4 N–H and O–H groups in total. The number of furan rings is 1. The average molecular weight is 540 g/mol. The lowest BCUT2D eigenvalue weighted by molar-refractivity contribution is -0.136. The van der Waals surface area contributed by atoms with E-state index in [1.54, 1.807) is 25.1 Å². The third kappa shape index (κ3) is 8.31. The number of ether oxygens (including phenoxy) is 1. The Morgan fingerprint density at radius 3 is 2.32 bits per heavy atom. The summed E-state index contributed by atoms with van der Waals surface area (Å²) >= 11 is 5.84. The normalized spacial score (nSPS) is 10.5. The maximum atomic E-state index is 12.0. The van der Waals surface area contributed by atoms with Gasteiger partial charge in [0, 0.05) is 16.4 Å². The fourth-order valence-corrected chi connectivity index (χ4v) is 3.05. The zero-order chi connectivity index (χ0) is 27.5. The summed E-state index contributed by atoms with van der Waals surface area (Å²) in [4.78, 5) is 59.6. The number of hydrogen-bond acceptors (Lipinski definition) is 8. The van der Waals surface area contributed by atoms with Gasteiger partial charge in [-0.3, -0.25) is 19.2 Å². The predicted molar refractivity (Wildman–Crippen MR) is 137 cm³/mol. The van der Waals surface area contributed by atoms with Gasteiger partial charge in [0.1, 0.15) is 11.5 Å². The Morgan fingerprint density at radius 1 is 0.895 bits per heavy atom. The molecule has 0 saturated heterocycles. The predicted octanol–water partition coefficient (Wildman–Crippen LogP) is 2.45. The highest BCUT2D eigenvalue weighted by Crippen LogP contribution is 2.15. The summed E-state index contributed by atoms with van der Waals surface area (Å²) in [7, 11) is 0. The Morgan fingerprint density at radius 2 is 1.61 bits per heavy atom. The number of benzene rings is 2. The van der Waals surface area contributed by atoms with Crippen molar-refractivity contribution >= 4 is 58.8 Å². The standard InChI is InChI=1S/C25H22ClN5O7/c1-2-37-25(36)15-6-8-17(9-7-15)29-23(34)24(35)31-28-14-20-11-10-19(38-20)13-27-21(32)22(33)30-18-5-3-4-16(26)12-18/h3-12,14H,2,13H2,1H3,(H,27,32)(H,29,34)(H,30,33)(H,31,35)/b28-14+. The number of hydrazone groups is 1. The summed E-state index contributed by atoms with van der Waals surface area (Å²) in [6.07, 6.45) is 1.15. The molecule has 3 aromatic rings. The van der Waals surface area contributed by atoms with Crippen LogP contribution in [0.5, 0.6) is 0 Å². The van der Waals surface area contributed by atoms with E-state index in [9.17, 15) is 24.0 Å². The molecule has 3 rings (SSSR count). The maximum absolute atomic E-state index is 12.0. The number of amides is 4. The Hall–Kier alpha value is -4.97. The highest BCUT2D eigenvalue weighted by Gasteiger charge is 2.15. The molecule has 0 fully saturated rings. The molecule has 1 heterocycles. The number of rotatable bonds is 8. The topological polar surface area (TPSA) is 168 Å². The zero-order valence-electron chi connectivity index (χ0n) is 19.9. The van der Waals surface area contributed by atoms with Gasteiger partial charge in [-0.2, -0.15) is 5.10 Å². The highest BCUT2D eigenvalue weighted by molar-refractivity contribution is 6.40. The number of anilines is 2. The molecule has 2 aromatic carbocycles. The first-order valence-corrected chi connectivity index (χ1v) is 11.5. The zero-order valence-corrected chi connectivity index (χ0v) is 20.7. The van der Waals surface area contributed by atoms with Crippen molar-refractivity contribution in [2.75, 3.05) is 17.2 Å². The van der Waals surface area contributed by atoms with E-state index in [4.69, 9.17) is 20.8 Å². The van der Waals surface area contributed by atoms with Crippen molar-refractivity contribution < 1.29 is 33.1 Å². The van der Waals surface area contributed by atoms with Crippen LogP contribution in [0.4, 0.5) is 11.4 Å². The molecule has 0 aliphatic carbocycles. The molecule has 0 spiro atoms. The van der Waals surface area contributed by atoms with Crippen LogP contribution in [0.3, 0.4) is 0 Å². The molecule has 0 radical (unpaired) electrons. The second-order valence-electron chi connectivity index (χ2n) is 7.40. The van der Waals surface area contributed by atoms with Gasteiger partial charge in [-0.25, -0.2) is 10.2 Å². The highest BCUT2D eigenvalue weighted by atomic mass is 35.5. The van der Waals surface area contributed by atoms with Crippen molar-refractivity contribution in [2.45, 2.75) is 13.5 Å². The van der Waals surface area contributed by atoms with Crippen LogP contribution in [-0.2, 0) is 30.5 Å². The van der Waals surface area contributed by atoms with E-state index in [-0.39, 0.29) is 18.9 Å². The molecule has 0 saturated carbocycles. The van der Waals surface area contributed by atoms with Crippen LogP contribution in [0.15, 0.2) is 70.2 Å². The first-order chi connectivity index (χ1) is 18.2. The average Bonchev–Trinajstić information content (AvgIpc) is 3.35. The van der Waals surface area contributed by atoms with Gasteiger partial charge in [-0.05, 0) is 61.5 Å². The van der Waals surface area contributed by atoms with Crippen LogP contribution in [0, 0.1) is 0 Å². The molecule has 196 valence electrons. The summed E-state index contributed by atoms with van der Waals surface area (Å²) in [5.74, 6) is -3.76.